The normalized spacial score (nSPS) is 12.5. The van der Waals surface area contributed by atoms with E-state index in [1.165, 1.54) is 5.56 Å². The maximum atomic E-state index is 13.0. The third-order valence-corrected chi connectivity index (χ3v) is 4.61. The Morgan fingerprint density at radius 3 is 2.17 bits per heavy atom. The van der Waals surface area contributed by atoms with Gasteiger partial charge in [-0.15, -0.1) is 0 Å². The highest BCUT2D eigenvalue weighted by molar-refractivity contribution is 6.30. The summed E-state index contributed by atoms with van der Waals surface area (Å²) >= 11 is 5.98. The van der Waals surface area contributed by atoms with E-state index in [-0.39, 0.29) is 17.7 Å². The molecule has 0 unspecified atom stereocenters. The van der Waals surface area contributed by atoms with Crippen LogP contribution in [0.3, 0.4) is 0 Å². The van der Waals surface area contributed by atoms with Crippen molar-refractivity contribution in [2.45, 2.75) is 46.5 Å². The van der Waals surface area contributed by atoms with E-state index in [0.29, 0.717) is 10.9 Å². The Morgan fingerprint density at radius 1 is 1.00 bits per heavy atom. The molecule has 1 amide bonds. The molecule has 2 aromatic rings. The van der Waals surface area contributed by atoms with E-state index in [1.54, 1.807) is 0 Å². The Kier molecular flexibility index (Phi) is 6.06. The highest BCUT2D eigenvalue weighted by Gasteiger charge is 2.25. The predicted molar refractivity (Wildman–Crippen MR) is 103 cm³/mol. The number of halogens is 1. The van der Waals surface area contributed by atoms with E-state index in [2.05, 4.69) is 39.1 Å². The monoisotopic (exact) mass is 343 g/mol. The molecule has 0 aliphatic rings. The van der Waals surface area contributed by atoms with Crippen molar-refractivity contribution < 1.29 is 4.79 Å². The first-order valence-corrected chi connectivity index (χ1v) is 8.85. The quantitative estimate of drug-likeness (QED) is 0.693. The van der Waals surface area contributed by atoms with Crippen molar-refractivity contribution in [1.82, 2.24) is 0 Å². The molecule has 0 saturated carbocycles. The van der Waals surface area contributed by atoms with Crippen LogP contribution in [0, 0.1) is 12.8 Å². The number of rotatable bonds is 5. The average molecular weight is 344 g/mol. The summed E-state index contributed by atoms with van der Waals surface area (Å²) in [5.74, 6) is 0.372. The zero-order valence-electron chi connectivity index (χ0n) is 15.1. The van der Waals surface area contributed by atoms with Gasteiger partial charge in [0.25, 0.3) is 0 Å². The number of hydrogen-bond donors (Lipinski definition) is 1. The lowest BCUT2D eigenvalue weighted by Gasteiger charge is -2.23. The van der Waals surface area contributed by atoms with Gasteiger partial charge in [0.1, 0.15) is 0 Å². The van der Waals surface area contributed by atoms with Gasteiger partial charge in [0.05, 0.1) is 5.92 Å². The summed E-state index contributed by atoms with van der Waals surface area (Å²) < 4.78 is 0. The van der Waals surface area contributed by atoms with E-state index in [1.807, 2.05) is 43.3 Å². The highest BCUT2D eigenvalue weighted by atomic mass is 35.5. The van der Waals surface area contributed by atoms with Crippen molar-refractivity contribution in [2.24, 2.45) is 5.92 Å². The second-order valence-corrected chi connectivity index (χ2v) is 7.39. The summed E-state index contributed by atoms with van der Waals surface area (Å²) in [6, 6.07) is 13.7. The Hall–Kier alpha value is -1.80. The molecule has 0 saturated heterocycles. The summed E-state index contributed by atoms with van der Waals surface area (Å²) in [7, 11) is 0. The number of nitrogens with one attached hydrogen (secondary N) is 1. The predicted octanol–water partition coefficient (Wildman–Crippen LogP) is 6.15. The van der Waals surface area contributed by atoms with Crippen LogP contribution in [0.2, 0.25) is 5.02 Å². The lowest BCUT2D eigenvalue weighted by Crippen LogP contribution is -2.26. The molecule has 0 heterocycles. The number of anilines is 1. The molecule has 3 heteroatoms. The molecule has 1 atom stereocenters. The minimum atomic E-state index is -0.207. The number of benzene rings is 2. The van der Waals surface area contributed by atoms with Gasteiger partial charge in [-0.05, 0) is 47.6 Å². The number of carbonyl (C=O) groups is 1. The van der Waals surface area contributed by atoms with Crippen LogP contribution in [-0.2, 0) is 4.79 Å². The van der Waals surface area contributed by atoms with Crippen LogP contribution in [0.25, 0.3) is 0 Å². The summed E-state index contributed by atoms with van der Waals surface area (Å²) in [6.07, 6.45) is 0. The molecule has 0 fully saturated rings. The first-order chi connectivity index (χ1) is 11.3. The molecule has 24 heavy (non-hydrogen) atoms. The number of aryl methyl sites for hydroxylation is 1. The van der Waals surface area contributed by atoms with Gasteiger partial charge >= 0.3 is 0 Å². The van der Waals surface area contributed by atoms with Gasteiger partial charge in [0, 0.05) is 10.7 Å². The van der Waals surface area contributed by atoms with Gasteiger partial charge in [-0.3, -0.25) is 4.79 Å². The second-order valence-electron chi connectivity index (χ2n) is 6.96. The van der Waals surface area contributed by atoms with E-state index in [4.69, 9.17) is 11.6 Å². The van der Waals surface area contributed by atoms with Crippen LogP contribution >= 0.6 is 11.6 Å². The summed E-state index contributed by atoms with van der Waals surface area (Å²) in [6.45, 7) is 10.5. The molecule has 2 aromatic carbocycles. The van der Waals surface area contributed by atoms with Gasteiger partial charge in [-0.25, -0.2) is 0 Å². The van der Waals surface area contributed by atoms with Crippen LogP contribution < -0.4 is 5.32 Å². The first kappa shape index (κ1) is 18.5. The second kappa shape index (κ2) is 7.85. The fourth-order valence-electron chi connectivity index (χ4n) is 3.05. The average Bonchev–Trinajstić information content (AvgIpc) is 2.51. The van der Waals surface area contributed by atoms with E-state index >= 15 is 0 Å². The Morgan fingerprint density at radius 2 is 1.62 bits per heavy atom. The summed E-state index contributed by atoms with van der Waals surface area (Å²) in [5, 5.41) is 3.87. The van der Waals surface area contributed by atoms with Crippen molar-refractivity contribution in [2.75, 3.05) is 5.32 Å². The summed E-state index contributed by atoms with van der Waals surface area (Å²) in [5.41, 5.74) is 4.19. The molecule has 0 spiro atoms. The molecule has 0 radical (unpaired) electrons. The fourth-order valence-corrected chi connectivity index (χ4v) is 3.18. The van der Waals surface area contributed by atoms with Gasteiger partial charge in [0.15, 0.2) is 0 Å². The number of amides is 1. The molecule has 0 aliphatic carbocycles. The van der Waals surface area contributed by atoms with Gasteiger partial charge in [-0.1, -0.05) is 69.6 Å². The largest absolute Gasteiger partial charge is 0.325 e. The maximum Gasteiger partial charge on any atom is 0.232 e. The third kappa shape index (κ3) is 4.18. The number of para-hydroxylation sites is 1. The van der Waals surface area contributed by atoms with Crippen molar-refractivity contribution in [3.8, 4) is 0 Å². The molecule has 2 nitrogen and oxygen atoms in total. The summed E-state index contributed by atoms with van der Waals surface area (Å²) in [4.78, 5) is 13.0. The van der Waals surface area contributed by atoms with Crippen LogP contribution in [0.15, 0.2) is 42.5 Å². The van der Waals surface area contributed by atoms with E-state index in [9.17, 15) is 4.79 Å². The van der Waals surface area contributed by atoms with Crippen LogP contribution in [0.1, 0.15) is 56.2 Å². The van der Waals surface area contributed by atoms with E-state index < -0.39 is 0 Å². The zero-order valence-corrected chi connectivity index (χ0v) is 15.8. The lowest BCUT2D eigenvalue weighted by atomic mass is 9.87. The highest BCUT2D eigenvalue weighted by Crippen LogP contribution is 2.31. The van der Waals surface area contributed by atoms with Crippen molar-refractivity contribution in [3.63, 3.8) is 0 Å². The molecular formula is C21H26ClNO. The molecule has 2 rings (SSSR count). The van der Waals surface area contributed by atoms with Gasteiger partial charge in [0.2, 0.25) is 5.91 Å². The van der Waals surface area contributed by atoms with E-state index in [0.717, 1.165) is 16.8 Å². The molecule has 0 aromatic heterocycles. The Labute approximate surface area is 150 Å². The minimum absolute atomic E-state index is 0.0310. The Bertz CT molecular complexity index is 704. The van der Waals surface area contributed by atoms with Crippen LogP contribution in [-0.4, -0.2) is 5.91 Å². The fraction of sp³-hybridized carbons (Fsp3) is 0.381. The maximum absolute atomic E-state index is 13.0. The number of carbonyl (C=O) groups excluding carboxylic acids is 1. The molecular weight excluding hydrogens is 318 g/mol. The third-order valence-electron chi connectivity index (χ3n) is 4.35. The smallest absolute Gasteiger partial charge is 0.232 e. The zero-order chi connectivity index (χ0) is 17.9. The number of hydrogen-bond acceptors (Lipinski definition) is 1. The van der Waals surface area contributed by atoms with Crippen molar-refractivity contribution >= 4 is 23.2 Å². The standard InChI is InChI=1S/C21H26ClNO/c1-13(2)18-8-6-7-15(5)20(18)23-21(24)19(14(3)4)16-9-11-17(22)12-10-16/h6-14,19H,1-5H3,(H,23,24)/t19-/m0/s1. The lowest BCUT2D eigenvalue weighted by molar-refractivity contribution is -0.118. The van der Waals surface area contributed by atoms with Crippen LogP contribution in [0.4, 0.5) is 5.69 Å². The Balaban J connectivity index is 2.34. The molecule has 0 bridgehead atoms. The molecule has 0 aliphatic heterocycles. The topological polar surface area (TPSA) is 29.1 Å². The van der Waals surface area contributed by atoms with Gasteiger partial charge in [-0.2, -0.15) is 0 Å². The van der Waals surface area contributed by atoms with Gasteiger partial charge < -0.3 is 5.32 Å². The van der Waals surface area contributed by atoms with Crippen LogP contribution in [0.5, 0.6) is 0 Å². The molecule has 1 N–H and O–H groups in total. The first-order valence-electron chi connectivity index (χ1n) is 8.47. The van der Waals surface area contributed by atoms with Crippen molar-refractivity contribution in [3.05, 3.63) is 64.2 Å². The molecule has 128 valence electrons. The SMILES string of the molecule is Cc1cccc(C(C)C)c1NC(=O)[C@H](c1ccc(Cl)cc1)C(C)C. The van der Waals surface area contributed by atoms with Crippen molar-refractivity contribution in [1.29, 1.82) is 0 Å². The minimum Gasteiger partial charge on any atom is -0.325 e.